The largest absolute Gasteiger partial charge is 0.493 e. The summed E-state index contributed by atoms with van der Waals surface area (Å²) >= 11 is 0. The number of carbonyl (C=O) groups is 2. The molecule has 13 nitrogen and oxygen atoms in total. The number of rotatable bonds is 19. The van der Waals surface area contributed by atoms with E-state index in [1.807, 2.05) is 6.92 Å². The highest BCUT2D eigenvalue weighted by molar-refractivity contribution is 5.95. The maximum Gasteiger partial charge on any atom is 0.340 e. The maximum atomic E-state index is 13.1. The van der Waals surface area contributed by atoms with Crippen LogP contribution in [-0.2, 0) is 18.9 Å². The molecule has 3 rings (SSSR count). The third-order valence-electron chi connectivity index (χ3n) is 7.47. The molecule has 1 fully saturated rings. The van der Waals surface area contributed by atoms with Crippen LogP contribution in [0.4, 0.5) is 0 Å². The van der Waals surface area contributed by atoms with Crippen molar-refractivity contribution in [3.63, 3.8) is 0 Å². The first kappa shape index (κ1) is 38.1. The molecule has 48 heavy (non-hydrogen) atoms. The molecule has 0 radical (unpaired) electrons. The lowest BCUT2D eigenvalue weighted by Gasteiger charge is -2.25. The summed E-state index contributed by atoms with van der Waals surface area (Å²) < 4.78 is 34.9. The van der Waals surface area contributed by atoms with Crippen LogP contribution in [0.5, 0.6) is 11.5 Å². The van der Waals surface area contributed by atoms with Crippen LogP contribution in [-0.4, -0.2) is 79.4 Å². The fraction of sp³-hybridized carbons (Fsp3) is 0.486. The third kappa shape index (κ3) is 11.7. The number of ether oxygens (including phenoxy) is 6. The molecule has 1 unspecified atom stereocenters. The number of nitrogens with zero attached hydrogens (tertiary/aromatic N) is 3. The van der Waals surface area contributed by atoms with E-state index in [1.54, 1.807) is 81.5 Å². The van der Waals surface area contributed by atoms with E-state index in [0.29, 0.717) is 42.9 Å². The summed E-state index contributed by atoms with van der Waals surface area (Å²) in [6.07, 6.45) is 5.59. The lowest BCUT2D eigenvalue weighted by Crippen LogP contribution is -2.37. The van der Waals surface area contributed by atoms with Crippen LogP contribution in [0.1, 0.15) is 73.2 Å². The fourth-order valence-electron chi connectivity index (χ4n) is 4.89. The summed E-state index contributed by atoms with van der Waals surface area (Å²) in [4.78, 5) is 28.2. The topological polar surface area (TPSA) is 179 Å². The summed E-state index contributed by atoms with van der Waals surface area (Å²) in [5.74, 6) is -2.52. The monoisotopic (exact) mass is 667 g/mol. The van der Waals surface area contributed by atoms with Crippen LogP contribution in [0.25, 0.3) is 16.5 Å². The minimum atomic E-state index is -1.20. The zero-order chi connectivity index (χ0) is 35.1. The maximum absolute atomic E-state index is 13.1. The van der Waals surface area contributed by atoms with Gasteiger partial charge in [0.2, 0.25) is 0 Å². The van der Waals surface area contributed by atoms with Gasteiger partial charge < -0.3 is 38.6 Å². The molecule has 2 N–H and O–H groups in total. The Hall–Kier alpha value is -4.39. The predicted octanol–water partition coefficient (Wildman–Crippen LogP) is 6.56. The Balaban J connectivity index is 1.89. The Morgan fingerprint density at radius 3 is 2.52 bits per heavy atom. The fourth-order valence-corrected chi connectivity index (χ4v) is 4.89. The van der Waals surface area contributed by atoms with Gasteiger partial charge in [-0.3, -0.25) is 0 Å². The number of azide groups is 1. The van der Waals surface area contributed by atoms with Crippen molar-refractivity contribution in [3.05, 3.63) is 87.8 Å². The second-order valence-electron chi connectivity index (χ2n) is 11.7. The van der Waals surface area contributed by atoms with Crippen molar-refractivity contribution < 1.29 is 48.2 Å². The molecular formula is C35H45N3O10. The molecule has 13 heteroatoms. The van der Waals surface area contributed by atoms with Gasteiger partial charge in [0, 0.05) is 24.6 Å². The molecule has 0 saturated carbocycles. The summed E-state index contributed by atoms with van der Waals surface area (Å²) in [6.45, 7) is 7.53. The van der Waals surface area contributed by atoms with Gasteiger partial charge >= 0.3 is 11.9 Å². The number of hydrogen-bond donors (Lipinski definition) is 2. The molecule has 2 aromatic carbocycles. The molecule has 260 valence electrons. The van der Waals surface area contributed by atoms with Crippen molar-refractivity contribution in [2.24, 2.45) is 11.0 Å². The SMILES string of the molecule is COCOc1cc(OCCCCN=[N+]=[N-])cc(C=CC[C@@H]2OC(C)(C)O[C@@H]2C(C=C[C@@H](C)[C@H](C)O)OC(=O)c2ccccc2)c1C(=O)O. The normalized spacial score (nSPS) is 19.0. The van der Waals surface area contributed by atoms with E-state index < -0.39 is 42.1 Å². The van der Waals surface area contributed by atoms with Gasteiger partial charge in [-0.2, -0.15) is 0 Å². The number of unbranched alkanes of at least 4 members (excludes halogenated alkanes) is 1. The van der Waals surface area contributed by atoms with E-state index in [0.717, 1.165) is 0 Å². The number of aliphatic hydroxyl groups excluding tert-OH is 1. The van der Waals surface area contributed by atoms with Gasteiger partial charge in [-0.05, 0) is 81.3 Å². The lowest BCUT2D eigenvalue weighted by molar-refractivity contribution is -0.152. The number of aliphatic hydroxyl groups is 1. The van der Waals surface area contributed by atoms with Crippen molar-refractivity contribution >= 4 is 18.0 Å². The summed E-state index contributed by atoms with van der Waals surface area (Å²) in [7, 11) is 1.43. The van der Waals surface area contributed by atoms with E-state index in [9.17, 15) is 19.8 Å². The summed E-state index contributed by atoms with van der Waals surface area (Å²) in [5, 5.41) is 23.7. The van der Waals surface area contributed by atoms with Crippen LogP contribution in [0, 0.1) is 5.92 Å². The van der Waals surface area contributed by atoms with E-state index in [2.05, 4.69) is 10.0 Å². The first-order valence-corrected chi connectivity index (χ1v) is 15.8. The van der Waals surface area contributed by atoms with Crippen molar-refractivity contribution in [1.82, 2.24) is 0 Å². The molecule has 0 bridgehead atoms. The molecule has 0 aliphatic carbocycles. The van der Waals surface area contributed by atoms with Crippen LogP contribution < -0.4 is 9.47 Å². The van der Waals surface area contributed by atoms with E-state index in [1.165, 1.54) is 13.2 Å². The smallest absolute Gasteiger partial charge is 0.340 e. The average Bonchev–Trinajstić information content (AvgIpc) is 3.36. The number of aromatic carboxylic acids is 1. The first-order valence-electron chi connectivity index (χ1n) is 15.8. The van der Waals surface area contributed by atoms with Crippen molar-refractivity contribution in [1.29, 1.82) is 0 Å². The number of methoxy groups -OCH3 is 1. The number of esters is 1. The van der Waals surface area contributed by atoms with Gasteiger partial charge in [-0.25, -0.2) is 9.59 Å². The van der Waals surface area contributed by atoms with Crippen LogP contribution in [0.3, 0.4) is 0 Å². The highest BCUT2D eigenvalue weighted by Gasteiger charge is 2.45. The van der Waals surface area contributed by atoms with Crippen LogP contribution in [0.15, 0.2) is 65.8 Å². The van der Waals surface area contributed by atoms with Crippen molar-refractivity contribution in [2.45, 2.75) is 77.2 Å². The Morgan fingerprint density at radius 2 is 1.85 bits per heavy atom. The molecule has 1 saturated heterocycles. The zero-order valence-corrected chi connectivity index (χ0v) is 28.0. The quantitative estimate of drug-likeness (QED) is 0.0317. The molecule has 1 aliphatic heterocycles. The molecule has 1 heterocycles. The Morgan fingerprint density at radius 1 is 1.10 bits per heavy atom. The second-order valence-corrected chi connectivity index (χ2v) is 11.7. The van der Waals surface area contributed by atoms with E-state index in [4.69, 9.17) is 34.0 Å². The molecule has 5 atom stereocenters. The number of carboxylic acid groups (broad SMARTS) is 1. The minimum Gasteiger partial charge on any atom is -0.493 e. The third-order valence-corrected chi connectivity index (χ3v) is 7.47. The Bertz CT molecular complexity index is 1450. The van der Waals surface area contributed by atoms with Gasteiger partial charge in [-0.15, -0.1) is 0 Å². The predicted molar refractivity (Wildman–Crippen MR) is 178 cm³/mol. The second kappa shape index (κ2) is 18.8. The van der Waals surface area contributed by atoms with E-state index in [-0.39, 0.29) is 30.4 Å². The van der Waals surface area contributed by atoms with Gasteiger partial charge in [-0.1, -0.05) is 48.5 Å². The number of hydrogen-bond acceptors (Lipinski definition) is 10. The number of carbonyl (C=O) groups excluding carboxylic acids is 1. The molecule has 0 spiro atoms. The van der Waals surface area contributed by atoms with Gasteiger partial charge in [0.05, 0.1) is 24.4 Å². The molecule has 0 amide bonds. The molecular weight excluding hydrogens is 622 g/mol. The Kier molecular flexibility index (Phi) is 14.9. The summed E-state index contributed by atoms with van der Waals surface area (Å²) in [5.41, 5.74) is 9.07. The number of benzene rings is 2. The first-order chi connectivity index (χ1) is 23.0. The minimum absolute atomic E-state index is 0.0697. The number of carboxylic acids is 1. The van der Waals surface area contributed by atoms with Crippen molar-refractivity contribution in [2.75, 3.05) is 27.1 Å². The molecule has 2 aromatic rings. The van der Waals surface area contributed by atoms with Crippen molar-refractivity contribution in [3.8, 4) is 11.5 Å². The lowest BCUT2D eigenvalue weighted by atomic mass is 9.99. The zero-order valence-electron chi connectivity index (χ0n) is 28.0. The molecule has 0 aromatic heterocycles. The Labute approximate surface area is 280 Å². The average molecular weight is 668 g/mol. The van der Waals surface area contributed by atoms with Crippen LogP contribution in [0.2, 0.25) is 0 Å². The highest BCUT2D eigenvalue weighted by Crippen LogP contribution is 2.35. The summed E-state index contributed by atoms with van der Waals surface area (Å²) in [6, 6.07) is 11.7. The standard InChI is InChI=1S/C35H45N3O10/c1-23(24(2)39)16-17-28(46-34(42)25-12-7-6-8-13-25)32-29(47-35(3,4)48-32)15-11-14-26-20-27(44-19-10-9-18-37-38-36)21-30(45-22-43-5)31(26)33(40)41/h6-8,11-14,16-17,20-21,23-24,28-29,32,39H,9-10,15,18-19,22H2,1-5H3,(H,40,41)/t23-,24+,28?,29+,32-/m1/s1. The van der Waals surface area contributed by atoms with Gasteiger partial charge in [0.25, 0.3) is 0 Å². The van der Waals surface area contributed by atoms with Gasteiger partial charge in [0.15, 0.2) is 12.6 Å². The van der Waals surface area contributed by atoms with Gasteiger partial charge in [0.1, 0.15) is 29.3 Å². The highest BCUT2D eigenvalue weighted by atomic mass is 16.8. The van der Waals surface area contributed by atoms with E-state index >= 15 is 0 Å². The molecule has 1 aliphatic rings. The van der Waals surface area contributed by atoms with Crippen LogP contribution >= 0.6 is 0 Å².